The zero-order chi connectivity index (χ0) is 7.98. The molecule has 0 unspecified atom stereocenters. The van der Waals surface area contributed by atoms with Gasteiger partial charge in [0.15, 0.2) is 5.88 Å². The number of nitrogens with zero attached hydrogens (tertiary/aromatic N) is 1. The topological polar surface area (TPSA) is 12.5 Å². The number of ether oxygens (including phenoxy) is 1. The Morgan fingerprint density at radius 2 is 2.30 bits per heavy atom. The van der Waals surface area contributed by atoms with Gasteiger partial charge in [-0.25, -0.2) is 0 Å². The van der Waals surface area contributed by atoms with Crippen molar-refractivity contribution in [2.45, 2.75) is 19.8 Å². The zero-order valence-corrected chi connectivity index (χ0v) is 7.53. The molecular formula is C7H15NOS. The molecule has 0 heterocycles. The smallest absolute Gasteiger partial charge is 0.191 e. The van der Waals surface area contributed by atoms with E-state index in [1.165, 1.54) is 0 Å². The van der Waals surface area contributed by atoms with Crippen LogP contribution in [0.3, 0.4) is 0 Å². The van der Waals surface area contributed by atoms with Crippen molar-refractivity contribution < 1.29 is 4.74 Å². The summed E-state index contributed by atoms with van der Waals surface area (Å²) in [5.74, 6) is 0.608. The van der Waals surface area contributed by atoms with E-state index in [2.05, 4.69) is 26.3 Å². The minimum atomic E-state index is 0.608. The van der Waals surface area contributed by atoms with Crippen LogP contribution < -0.4 is 0 Å². The second kappa shape index (κ2) is 5.47. The molecule has 0 N–H and O–H groups in total. The highest BCUT2D eigenvalue weighted by Crippen LogP contribution is 2.03. The highest BCUT2D eigenvalue weighted by molar-refractivity contribution is 7.77. The summed E-state index contributed by atoms with van der Waals surface area (Å²) in [5, 5.41) is 0. The molecule has 0 rings (SSSR count). The maximum Gasteiger partial charge on any atom is 0.191 e. The van der Waals surface area contributed by atoms with Crippen molar-refractivity contribution in [1.29, 1.82) is 0 Å². The van der Waals surface area contributed by atoms with E-state index in [1.54, 1.807) is 11.4 Å². The van der Waals surface area contributed by atoms with Crippen LogP contribution in [-0.2, 0) is 4.74 Å². The Hall–Kier alpha value is -0.310. The Bertz CT molecular complexity index is 104. The van der Waals surface area contributed by atoms with Crippen molar-refractivity contribution in [3.63, 3.8) is 0 Å². The maximum atomic E-state index is 5.20. The standard InChI is InChI=1S/C7H15NOS/c1-4-5-6-9-7(2)8(3)10/h10H,2,4-6H2,1,3H3. The summed E-state index contributed by atoms with van der Waals surface area (Å²) >= 11 is 4.00. The number of hydrogen-bond donors (Lipinski definition) is 1. The van der Waals surface area contributed by atoms with Crippen molar-refractivity contribution in [2.75, 3.05) is 13.7 Å². The number of rotatable bonds is 5. The van der Waals surface area contributed by atoms with Gasteiger partial charge in [0.1, 0.15) is 0 Å². The van der Waals surface area contributed by atoms with E-state index in [4.69, 9.17) is 4.74 Å². The van der Waals surface area contributed by atoms with Crippen molar-refractivity contribution in [2.24, 2.45) is 0 Å². The predicted octanol–water partition coefficient (Wildman–Crippen LogP) is 2.05. The summed E-state index contributed by atoms with van der Waals surface area (Å²) in [6.45, 7) is 6.51. The van der Waals surface area contributed by atoms with Gasteiger partial charge in [-0.3, -0.25) is 4.31 Å². The van der Waals surface area contributed by atoms with Crippen LogP contribution in [0.5, 0.6) is 0 Å². The van der Waals surface area contributed by atoms with Gasteiger partial charge in [0.25, 0.3) is 0 Å². The van der Waals surface area contributed by atoms with E-state index in [-0.39, 0.29) is 0 Å². The molecule has 0 aliphatic heterocycles. The second-order valence-electron chi connectivity index (χ2n) is 2.12. The average molecular weight is 161 g/mol. The molecule has 3 heteroatoms. The first-order valence-electron chi connectivity index (χ1n) is 3.42. The van der Waals surface area contributed by atoms with Crippen LogP contribution in [0, 0.1) is 0 Å². The minimum absolute atomic E-state index is 0.608. The minimum Gasteiger partial charge on any atom is -0.479 e. The molecule has 0 amide bonds. The van der Waals surface area contributed by atoms with Crippen LogP contribution >= 0.6 is 12.8 Å². The zero-order valence-electron chi connectivity index (χ0n) is 6.63. The lowest BCUT2D eigenvalue weighted by molar-refractivity contribution is 0.166. The molecule has 0 saturated heterocycles. The predicted molar refractivity (Wildman–Crippen MR) is 46.7 cm³/mol. The Morgan fingerprint density at radius 3 is 2.70 bits per heavy atom. The summed E-state index contributed by atoms with van der Waals surface area (Å²) in [6, 6.07) is 0. The average Bonchev–Trinajstić information content (AvgIpc) is 1.88. The fraction of sp³-hybridized carbons (Fsp3) is 0.714. The van der Waals surface area contributed by atoms with Gasteiger partial charge in [-0.15, -0.1) is 0 Å². The van der Waals surface area contributed by atoms with Gasteiger partial charge in [-0.2, -0.15) is 0 Å². The third-order valence-corrected chi connectivity index (χ3v) is 1.35. The van der Waals surface area contributed by atoms with Crippen molar-refractivity contribution in [1.82, 2.24) is 4.31 Å². The van der Waals surface area contributed by atoms with Crippen LogP contribution in [0.25, 0.3) is 0 Å². The summed E-state index contributed by atoms with van der Waals surface area (Å²) in [7, 11) is 1.79. The normalized spacial score (nSPS) is 9.10. The van der Waals surface area contributed by atoms with Crippen LogP contribution in [0.15, 0.2) is 12.5 Å². The van der Waals surface area contributed by atoms with Crippen molar-refractivity contribution in [3.05, 3.63) is 12.5 Å². The Balaban J connectivity index is 3.22. The Labute approximate surface area is 68.4 Å². The Kier molecular flexibility index (Phi) is 5.30. The van der Waals surface area contributed by atoms with Crippen LogP contribution in [-0.4, -0.2) is 18.0 Å². The van der Waals surface area contributed by atoms with Gasteiger partial charge in [-0.05, 0) is 13.0 Å². The summed E-state index contributed by atoms with van der Waals surface area (Å²) < 4.78 is 6.76. The molecule has 0 aromatic heterocycles. The molecule has 2 nitrogen and oxygen atoms in total. The SMILES string of the molecule is C=C(OCCCC)N(C)S. The molecule has 0 fully saturated rings. The monoisotopic (exact) mass is 161 g/mol. The molecule has 10 heavy (non-hydrogen) atoms. The maximum absolute atomic E-state index is 5.20. The molecule has 0 saturated carbocycles. The quantitative estimate of drug-likeness (QED) is 0.376. The first-order chi connectivity index (χ1) is 4.68. The van der Waals surface area contributed by atoms with Crippen molar-refractivity contribution >= 4 is 12.8 Å². The molecule has 60 valence electrons. The van der Waals surface area contributed by atoms with E-state index in [9.17, 15) is 0 Å². The lowest BCUT2D eigenvalue weighted by Crippen LogP contribution is -2.07. The molecule has 0 aliphatic carbocycles. The lowest BCUT2D eigenvalue weighted by Gasteiger charge is -2.14. The largest absolute Gasteiger partial charge is 0.479 e. The molecule has 0 aromatic carbocycles. The van der Waals surface area contributed by atoms with Crippen molar-refractivity contribution in [3.8, 4) is 0 Å². The highest BCUT2D eigenvalue weighted by Gasteiger charge is 1.95. The highest BCUT2D eigenvalue weighted by atomic mass is 32.1. The molecule has 0 radical (unpaired) electrons. The van der Waals surface area contributed by atoms with Crippen LogP contribution in [0.2, 0.25) is 0 Å². The van der Waals surface area contributed by atoms with Crippen LogP contribution in [0.4, 0.5) is 0 Å². The van der Waals surface area contributed by atoms with E-state index < -0.39 is 0 Å². The first kappa shape index (κ1) is 9.69. The van der Waals surface area contributed by atoms with Gasteiger partial charge < -0.3 is 4.74 Å². The lowest BCUT2D eigenvalue weighted by atomic mass is 10.4. The summed E-state index contributed by atoms with van der Waals surface area (Å²) in [6.07, 6.45) is 2.21. The van der Waals surface area contributed by atoms with E-state index >= 15 is 0 Å². The number of thiol groups is 1. The molecule has 0 aromatic rings. The second-order valence-corrected chi connectivity index (χ2v) is 2.72. The molecule has 0 bridgehead atoms. The molecule has 0 atom stereocenters. The molecule has 0 aliphatic rings. The fourth-order valence-corrected chi connectivity index (χ4v) is 0.485. The summed E-state index contributed by atoms with van der Waals surface area (Å²) in [5.41, 5.74) is 0. The molecular weight excluding hydrogens is 146 g/mol. The fourth-order valence-electron chi connectivity index (χ4n) is 0.428. The van der Waals surface area contributed by atoms with E-state index in [1.807, 2.05) is 0 Å². The van der Waals surface area contributed by atoms with Gasteiger partial charge in [-0.1, -0.05) is 26.2 Å². The van der Waals surface area contributed by atoms with Crippen LogP contribution in [0.1, 0.15) is 19.8 Å². The van der Waals surface area contributed by atoms with E-state index in [0.29, 0.717) is 5.88 Å². The van der Waals surface area contributed by atoms with Gasteiger partial charge in [0.2, 0.25) is 0 Å². The third kappa shape index (κ3) is 4.56. The third-order valence-electron chi connectivity index (χ3n) is 1.13. The number of unbranched alkanes of at least 4 members (excludes halogenated alkanes) is 1. The first-order valence-corrected chi connectivity index (χ1v) is 3.82. The van der Waals surface area contributed by atoms with E-state index in [0.717, 1.165) is 19.4 Å². The van der Waals surface area contributed by atoms with Gasteiger partial charge >= 0.3 is 0 Å². The molecule has 0 spiro atoms. The van der Waals surface area contributed by atoms with Gasteiger partial charge in [0, 0.05) is 7.05 Å². The summed E-state index contributed by atoms with van der Waals surface area (Å²) in [4.78, 5) is 0. The number of hydrogen-bond acceptors (Lipinski definition) is 3. The Morgan fingerprint density at radius 1 is 1.70 bits per heavy atom. The van der Waals surface area contributed by atoms with Gasteiger partial charge in [0.05, 0.1) is 6.61 Å².